The molecular weight excluding hydrogens is 382 g/mol. The smallest absolute Gasteiger partial charge is 0.237 e. The number of para-hydroxylation sites is 1. The predicted molar refractivity (Wildman–Crippen MR) is 114 cm³/mol. The third-order valence-corrected chi connectivity index (χ3v) is 5.29. The van der Waals surface area contributed by atoms with Crippen molar-refractivity contribution in [3.63, 3.8) is 0 Å². The largest absolute Gasteiger partial charge is 0.493 e. The fourth-order valence-electron chi connectivity index (χ4n) is 3.64. The predicted octanol–water partition coefficient (Wildman–Crippen LogP) is 2.02. The normalized spacial score (nSPS) is 16.6. The van der Waals surface area contributed by atoms with Gasteiger partial charge in [-0.1, -0.05) is 42.0 Å². The molecule has 1 aliphatic rings. The summed E-state index contributed by atoms with van der Waals surface area (Å²) < 4.78 is 10.7. The van der Waals surface area contributed by atoms with E-state index >= 15 is 0 Å². The van der Waals surface area contributed by atoms with E-state index < -0.39 is 6.04 Å². The number of ether oxygens (including phenoxy) is 2. The van der Waals surface area contributed by atoms with Crippen LogP contribution < -0.4 is 20.1 Å². The van der Waals surface area contributed by atoms with Gasteiger partial charge in [-0.2, -0.15) is 0 Å². The van der Waals surface area contributed by atoms with E-state index in [1.807, 2.05) is 19.1 Å². The molecule has 1 heterocycles. The van der Waals surface area contributed by atoms with Gasteiger partial charge in [-0.25, -0.2) is 0 Å². The Kier molecular flexibility index (Phi) is 7.30. The molecule has 1 fully saturated rings. The van der Waals surface area contributed by atoms with E-state index in [1.54, 1.807) is 20.3 Å². The van der Waals surface area contributed by atoms with Crippen molar-refractivity contribution in [1.82, 2.24) is 15.5 Å². The van der Waals surface area contributed by atoms with E-state index in [-0.39, 0.29) is 18.2 Å². The first-order valence-corrected chi connectivity index (χ1v) is 10.1. The monoisotopic (exact) mass is 411 g/mol. The number of benzene rings is 2. The Morgan fingerprint density at radius 2 is 1.93 bits per heavy atom. The molecule has 2 N–H and O–H groups in total. The van der Waals surface area contributed by atoms with Gasteiger partial charge in [-0.3, -0.25) is 14.5 Å². The Morgan fingerprint density at radius 3 is 2.63 bits per heavy atom. The molecule has 160 valence electrons. The molecule has 0 spiro atoms. The average molecular weight is 412 g/mol. The zero-order chi connectivity index (χ0) is 21.5. The van der Waals surface area contributed by atoms with E-state index in [4.69, 9.17) is 9.47 Å². The number of hydrogen-bond donors (Lipinski definition) is 2. The van der Waals surface area contributed by atoms with Gasteiger partial charge in [0, 0.05) is 31.7 Å². The molecule has 0 bridgehead atoms. The van der Waals surface area contributed by atoms with Crippen molar-refractivity contribution in [2.75, 3.05) is 27.3 Å². The van der Waals surface area contributed by atoms with Crippen molar-refractivity contribution in [2.45, 2.75) is 32.5 Å². The van der Waals surface area contributed by atoms with Gasteiger partial charge < -0.3 is 20.1 Å². The first kappa shape index (κ1) is 21.6. The van der Waals surface area contributed by atoms with E-state index in [2.05, 4.69) is 39.8 Å². The van der Waals surface area contributed by atoms with Gasteiger partial charge in [0.15, 0.2) is 11.5 Å². The minimum absolute atomic E-state index is 0.101. The number of methoxy groups -OCH3 is 2. The Labute approximate surface area is 177 Å². The second kappa shape index (κ2) is 10.1. The quantitative estimate of drug-likeness (QED) is 0.695. The Bertz CT molecular complexity index is 883. The van der Waals surface area contributed by atoms with E-state index in [0.717, 1.165) is 11.1 Å². The number of rotatable bonds is 8. The van der Waals surface area contributed by atoms with Crippen molar-refractivity contribution in [1.29, 1.82) is 0 Å². The van der Waals surface area contributed by atoms with Crippen LogP contribution in [0.1, 0.15) is 23.1 Å². The van der Waals surface area contributed by atoms with Crippen molar-refractivity contribution in [3.8, 4) is 11.5 Å². The Balaban J connectivity index is 1.63. The molecule has 0 unspecified atom stereocenters. The Hall–Kier alpha value is -3.06. The molecule has 2 amide bonds. The average Bonchev–Trinajstić information content (AvgIpc) is 2.75. The van der Waals surface area contributed by atoms with Gasteiger partial charge in [-0.15, -0.1) is 0 Å². The number of aryl methyl sites for hydroxylation is 1. The fraction of sp³-hybridized carbons (Fsp3) is 0.391. The number of hydrogen-bond acceptors (Lipinski definition) is 5. The highest BCUT2D eigenvalue weighted by molar-refractivity contribution is 5.88. The van der Waals surface area contributed by atoms with Crippen LogP contribution in [0.3, 0.4) is 0 Å². The molecule has 0 aromatic heterocycles. The van der Waals surface area contributed by atoms with Gasteiger partial charge in [-0.05, 0) is 18.6 Å². The summed E-state index contributed by atoms with van der Waals surface area (Å²) in [5.74, 6) is 0.912. The summed E-state index contributed by atoms with van der Waals surface area (Å²) in [5, 5.41) is 5.78. The van der Waals surface area contributed by atoms with Crippen LogP contribution in [-0.2, 0) is 22.7 Å². The first-order chi connectivity index (χ1) is 14.5. The maximum Gasteiger partial charge on any atom is 0.237 e. The van der Waals surface area contributed by atoms with Crippen LogP contribution >= 0.6 is 0 Å². The number of nitrogens with zero attached hydrogens (tertiary/aromatic N) is 1. The molecule has 7 heteroatoms. The SMILES string of the molecule is COc1cccc(CNC(=O)C[C@H]2C(=O)NCCN2Cc2ccc(C)cc2)c1OC. The molecule has 1 aliphatic heterocycles. The number of amides is 2. The van der Waals surface area contributed by atoms with Crippen LogP contribution in [-0.4, -0.2) is 50.1 Å². The van der Waals surface area contributed by atoms with Crippen molar-refractivity contribution in [2.24, 2.45) is 0 Å². The summed E-state index contributed by atoms with van der Waals surface area (Å²) >= 11 is 0. The van der Waals surface area contributed by atoms with Crippen molar-refractivity contribution in [3.05, 3.63) is 59.2 Å². The highest BCUT2D eigenvalue weighted by Crippen LogP contribution is 2.30. The first-order valence-electron chi connectivity index (χ1n) is 10.1. The lowest BCUT2D eigenvalue weighted by atomic mass is 10.1. The third-order valence-electron chi connectivity index (χ3n) is 5.29. The van der Waals surface area contributed by atoms with Crippen LogP contribution in [0, 0.1) is 6.92 Å². The van der Waals surface area contributed by atoms with Crippen LogP contribution in [0.5, 0.6) is 11.5 Å². The van der Waals surface area contributed by atoms with Gasteiger partial charge in [0.25, 0.3) is 0 Å². The second-order valence-electron chi connectivity index (χ2n) is 7.40. The molecule has 3 rings (SSSR count). The topological polar surface area (TPSA) is 79.9 Å². The molecular formula is C23H29N3O4. The maximum absolute atomic E-state index is 12.6. The standard InChI is InChI=1S/C23H29N3O4/c1-16-7-9-17(10-8-16)15-26-12-11-24-23(28)19(26)13-21(27)25-14-18-5-4-6-20(29-2)22(18)30-3/h4-10,19H,11-15H2,1-3H3,(H,24,28)(H,25,27)/t19-/m0/s1. The van der Waals surface area contributed by atoms with Crippen LogP contribution in [0.2, 0.25) is 0 Å². The van der Waals surface area contributed by atoms with E-state index in [1.165, 1.54) is 5.56 Å². The summed E-state index contributed by atoms with van der Waals surface area (Å²) in [5.41, 5.74) is 3.13. The lowest BCUT2D eigenvalue weighted by Gasteiger charge is -2.34. The lowest BCUT2D eigenvalue weighted by molar-refractivity contribution is -0.134. The molecule has 2 aromatic carbocycles. The van der Waals surface area contributed by atoms with Crippen LogP contribution in [0.15, 0.2) is 42.5 Å². The summed E-state index contributed by atoms with van der Waals surface area (Å²) in [7, 11) is 3.14. The Morgan fingerprint density at radius 1 is 1.17 bits per heavy atom. The van der Waals surface area contributed by atoms with E-state index in [0.29, 0.717) is 37.7 Å². The van der Waals surface area contributed by atoms with Gasteiger partial charge in [0.1, 0.15) is 0 Å². The number of carbonyl (C=O) groups excluding carboxylic acids is 2. The van der Waals surface area contributed by atoms with Crippen molar-refractivity contribution >= 4 is 11.8 Å². The van der Waals surface area contributed by atoms with Gasteiger partial charge in [0.05, 0.1) is 26.7 Å². The zero-order valence-corrected chi connectivity index (χ0v) is 17.7. The minimum Gasteiger partial charge on any atom is -0.493 e. The molecule has 2 aromatic rings. The molecule has 7 nitrogen and oxygen atoms in total. The van der Waals surface area contributed by atoms with Gasteiger partial charge >= 0.3 is 0 Å². The maximum atomic E-state index is 12.6. The number of nitrogens with one attached hydrogen (secondary N) is 2. The molecule has 0 aliphatic carbocycles. The summed E-state index contributed by atoms with van der Waals surface area (Å²) in [4.78, 5) is 27.2. The van der Waals surface area contributed by atoms with Crippen LogP contribution in [0.4, 0.5) is 0 Å². The zero-order valence-electron chi connectivity index (χ0n) is 17.7. The summed E-state index contributed by atoms with van der Waals surface area (Å²) in [6, 6.07) is 13.3. The number of carbonyl (C=O) groups is 2. The summed E-state index contributed by atoms with van der Waals surface area (Å²) in [6.07, 6.45) is 0.101. The molecule has 0 radical (unpaired) electrons. The van der Waals surface area contributed by atoms with Crippen molar-refractivity contribution < 1.29 is 19.1 Å². The minimum atomic E-state index is -0.493. The highest BCUT2D eigenvalue weighted by atomic mass is 16.5. The highest BCUT2D eigenvalue weighted by Gasteiger charge is 2.31. The fourth-order valence-corrected chi connectivity index (χ4v) is 3.64. The summed E-state index contributed by atoms with van der Waals surface area (Å²) in [6.45, 7) is 4.27. The number of piperazine rings is 1. The third kappa shape index (κ3) is 5.30. The molecule has 1 saturated heterocycles. The second-order valence-corrected chi connectivity index (χ2v) is 7.40. The molecule has 0 saturated carbocycles. The molecule has 30 heavy (non-hydrogen) atoms. The lowest BCUT2D eigenvalue weighted by Crippen LogP contribution is -2.56. The van der Waals surface area contributed by atoms with E-state index in [9.17, 15) is 9.59 Å². The van der Waals surface area contributed by atoms with Gasteiger partial charge in [0.2, 0.25) is 11.8 Å². The van der Waals surface area contributed by atoms with Crippen LogP contribution in [0.25, 0.3) is 0 Å². The molecule has 1 atom stereocenters.